The maximum absolute atomic E-state index is 6.25. The van der Waals surface area contributed by atoms with E-state index in [-0.39, 0.29) is 0 Å². The van der Waals surface area contributed by atoms with Crippen molar-refractivity contribution in [1.82, 2.24) is 24.9 Å². The van der Waals surface area contributed by atoms with Crippen LogP contribution in [0.2, 0.25) is 5.02 Å². The highest BCUT2D eigenvalue weighted by Gasteiger charge is 2.17. The van der Waals surface area contributed by atoms with Crippen LogP contribution in [0.3, 0.4) is 0 Å². The molecule has 2 aromatic heterocycles. The minimum atomic E-state index is 0.466. The maximum Gasteiger partial charge on any atom is 0.237 e. The molecule has 8 heteroatoms. The number of rotatable bonds is 7. The van der Waals surface area contributed by atoms with Crippen molar-refractivity contribution >= 4 is 23.4 Å². The number of para-hydroxylation sites is 1. The molecule has 5 rings (SSSR count). The van der Waals surface area contributed by atoms with Crippen molar-refractivity contribution in [3.05, 3.63) is 107 Å². The molecule has 0 atom stereocenters. The fourth-order valence-corrected chi connectivity index (χ4v) is 4.34. The van der Waals surface area contributed by atoms with Gasteiger partial charge in [-0.2, -0.15) is 4.98 Å². The molecule has 6 nitrogen and oxygen atoms in total. The molecular weight excluding hydrogens is 442 g/mol. The van der Waals surface area contributed by atoms with E-state index in [0.29, 0.717) is 28.9 Å². The second kappa shape index (κ2) is 9.38. The van der Waals surface area contributed by atoms with Crippen molar-refractivity contribution in [3.8, 4) is 17.1 Å². The van der Waals surface area contributed by atoms with E-state index in [4.69, 9.17) is 16.1 Å². The van der Waals surface area contributed by atoms with Gasteiger partial charge in [0.25, 0.3) is 0 Å². The van der Waals surface area contributed by atoms with Crippen molar-refractivity contribution < 1.29 is 4.52 Å². The summed E-state index contributed by atoms with van der Waals surface area (Å²) in [6.45, 7) is 0. The van der Waals surface area contributed by atoms with Gasteiger partial charge in [-0.25, -0.2) is 0 Å². The van der Waals surface area contributed by atoms with Crippen molar-refractivity contribution in [2.75, 3.05) is 0 Å². The van der Waals surface area contributed by atoms with E-state index in [1.807, 2.05) is 66.7 Å². The summed E-state index contributed by atoms with van der Waals surface area (Å²) in [6, 6.07) is 27.8. The summed E-state index contributed by atoms with van der Waals surface area (Å²) in [7, 11) is 0. The molecule has 0 N–H and O–H groups in total. The monoisotopic (exact) mass is 459 g/mol. The van der Waals surface area contributed by atoms with Gasteiger partial charge in [0.05, 0.1) is 10.8 Å². The molecule has 0 spiro atoms. The largest absolute Gasteiger partial charge is 0.338 e. The Morgan fingerprint density at radius 3 is 2.34 bits per heavy atom. The molecule has 0 bridgehead atoms. The summed E-state index contributed by atoms with van der Waals surface area (Å²) >= 11 is 7.75. The number of thioether (sulfide) groups is 1. The highest BCUT2D eigenvalue weighted by Crippen LogP contribution is 2.28. The van der Waals surface area contributed by atoms with E-state index in [1.165, 1.54) is 17.3 Å². The first-order valence-electron chi connectivity index (χ1n) is 10.0. The van der Waals surface area contributed by atoms with Gasteiger partial charge in [-0.15, -0.1) is 10.2 Å². The molecule has 0 radical (unpaired) electrons. The zero-order valence-electron chi connectivity index (χ0n) is 16.9. The lowest BCUT2D eigenvalue weighted by Crippen LogP contribution is -2.03. The van der Waals surface area contributed by atoms with Gasteiger partial charge in [0, 0.05) is 17.7 Å². The summed E-state index contributed by atoms with van der Waals surface area (Å²) in [6.07, 6.45) is 0.681. The van der Waals surface area contributed by atoms with E-state index in [2.05, 4.69) is 37.0 Å². The molecule has 5 aromatic rings. The molecule has 0 fully saturated rings. The van der Waals surface area contributed by atoms with Crippen molar-refractivity contribution in [2.24, 2.45) is 0 Å². The van der Waals surface area contributed by atoms with Gasteiger partial charge in [0.2, 0.25) is 11.7 Å². The number of aromatic nitrogens is 5. The minimum Gasteiger partial charge on any atom is -0.338 e. The number of halogens is 1. The van der Waals surface area contributed by atoms with Crippen LogP contribution < -0.4 is 0 Å². The average molecular weight is 460 g/mol. The predicted molar refractivity (Wildman–Crippen MR) is 125 cm³/mol. The van der Waals surface area contributed by atoms with E-state index >= 15 is 0 Å². The smallest absolute Gasteiger partial charge is 0.237 e. The summed E-state index contributed by atoms with van der Waals surface area (Å²) < 4.78 is 7.52. The van der Waals surface area contributed by atoms with Gasteiger partial charge in [-0.05, 0) is 29.8 Å². The second-order valence-electron chi connectivity index (χ2n) is 7.01. The Bertz CT molecular complexity index is 1320. The molecule has 0 aliphatic heterocycles. The molecule has 0 aliphatic rings. The summed E-state index contributed by atoms with van der Waals surface area (Å²) in [5.74, 6) is 2.30. The number of hydrogen-bond acceptors (Lipinski definition) is 6. The zero-order chi connectivity index (χ0) is 21.8. The van der Waals surface area contributed by atoms with E-state index in [9.17, 15) is 0 Å². The summed E-state index contributed by atoms with van der Waals surface area (Å²) in [5.41, 5.74) is 2.93. The third-order valence-electron chi connectivity index (χ3n) is 4.83. The second-order valence-corrected chi connectivity index (χ2v) is 8.36. The topological polar surface area (TPSA) is 69.6 Å². The first-order valence-corrected chi connectivity index (χ1v) is 11.4. The first kappa shape index (κ1) is 20.5. The summed E-state index contributed by atoms with van der Waals surface area (Å²) in [4.78, 5) is 4.49. The number of hydrogen-bond donors (Lipinski definition) is 0. The SMILES string of the molecule is Clc1ccccc1-c1noc(CSc2nnc(Cc3ccccc3)n2-c2ccccc2)n1. The number of benzene rings is 3. The Hall–Kier alpha value is -3.42. The molecule has 3 aromatic carbocycles. The highest BCUT2D eigenvalue weighted by atomic mass is 35.5. The van der Waals surface area contributed by atoms with Crippen molar-refractivity contribution in [1.29, 1.82) is 0 Å². The lowest BCUT2D eigenvalue weighted by atomic mass is 10.1. The van der Waals surface area contributed by atoms with Gasteiger partial charge in [-0.1, -0.05) is 89.2 Å². The van der Waals surface area contributed by atoms with Crippen LogP contribution in [0.4, 0.5) is 0 Å². The average Bonchev–Trinajstić information content (AvgIpc) is 3.46. The maximum atomic E-state index is 6.25. The standard InChI is InChI=1S/C24H18ClN5OS/c25-20-14-8-7-13-19(20)23-26-22(31-29-23)16-32-24-28-27-21(15-17-9-3-1-4-10-17)30(24)18-11-5-2-6-12-18/h1-14H,15-16H2. The molecule has 0 amide bonds. The minimum absolute atomic E-state index is 0.466. The van der Waals surface area contributed by atoms with Crippen LogP contribution in [-0.2, 0) is 12.2 Å². The van der Waals surface area contributed by atoms with Gasteiger partial charge in [-0.3, -0.25) is 4.57 Å². The molecule has 158 valence electrons. The molecule has 32 heavy (non-hydrogen) atoms. The lowest BCUT2D eigenvalue weighted by molar-refractivity contribution is 0.391. The number of nitrogens with zero attached hydrogens (tertiary/aromatic N) is 5. The van der Waals surface area contributed by atoms with Crippen LogP contribution in [-0.4, -0.2) is 24.9 Å². The van der Waals surface area contributed by atoms with Crippen LogP contribution >= 0.6 is 23.4 Å². The van der Waals surface area contributed by atoms with E-state index in [1.54, 1.807) is 6.07 Å². The van der Waals surface area contributed by atoms with Crippen LogP contribution in [0.25, 0.3) is 17.1 Å². The van der Waals surface area contributed by atoms with Gasteiger partial charge in [0.1, 0.15) is 5.82 Å². The predicted octanol–water partition coefficient (Wildman–Crippen LogP) is 5.85. The van der Waals surface area contributed by atoms with Gasteiger partial charge >= 0.3 is 0 Å². The molecule has 0 saturated carbocycles. The Kier molecular flexibility index (Phi) is 6.00. The van der Waals surface area contributed by atoms with E-state index in [0.717, 1.165) is 22.2 Å². The van der Waals surface area contributed by atoms with Crippen molar-refractivity contribution in [2.45, 2.75) is 17.3 Å². The Morgan fingerprint density at radius 2 is 1.56 bits per heavy atom. The van der Waals surface area contributed by atoms with Crippen LogP contribution in [0.1, 0.15) is 17.3 Å². The van der Waals surface area contributed by atoms with Crippen molar-refractivity contribution in [3.63, 3.8) is 0 Å². The Labute approximate surface area is 194 Å². The zero-order valence-corrected chi connectivity index (χ0v) is 18.5. The molecule has 2 heterocycles. The normalized spacial score (nSPS) is 11.0. The van der Waals surface area contributed by atoms with Crippen LogP contribution in [0, 0.1) is 0 Å². The highest BCUT2D eigenvalue weighted by molar-refractivity contribution is 7.98. The van der Waals surface area contributed by atoms with E-state index < -0.39 is 0 Å². The van der Waals surface area contributed by atoms with Gasteiger partial charge < -0.3 is 4.52 Å². The van der Waals surface area contributed by atoms with Crippen LogP contribution in [0.5, 0.6) is 0 Å². The summed E-state index contributed by atoms with van der Waals surface area (Å²) in [5, 5.41) is 14.3. The molecule has 0 aliphatic carbocycles. The van der Waals surface area contributed by atoms with Crippen LogP contribution in [0.15, 0.2) is 94.6 Å². The fraction of sp³-hybridized carbons (Fsp3) is 0.0833. The quantitative estimate of drug-likeness (QED) is 0.284. The third kappa shape index (κ3) is 4.44. The fourth-order valence-electron chi connectivity index (χ4n) is 3.31. The third-order valence-corrected chi connectivity index (χ3v) is 6.07. The molecule has 0 saturated heterocycles. The lowest BCUT2D eigenvalue weighted by Gasteiger charge is -2.09. The Balaban J connectivity index is 1.40. The molecule has 0 unspecified atom stereocenters. The Morgan fingerprint density at radius 1 is 0.844 bits per heavy atom. The molecular formula is C24H18ClN5OS. The first-order chi connectivity index (χ1) is 15.8. The van der Waals surface area contributed by atoms with Gasteiger partial charge in [0.15, 0.2) is 5.16 Å².